The highest BCUT2D eigenvalue weighted by Gasteiger charge is 2.25. The van der Waals surface area contributed by atoms with Crippen LogP contribution in [0.2, 0.25) is 0 Å². The molecule has 0 saturated heterocycles. The number of esters is 1. The molecular formula is C28H33NO7S. The van der Waals surface area contributed by atoms with Crippen molar-refractivity contribution in [3.63, 3.8) is 0 Å². The first kappa shape index (κ1) is 27.9. The number of benzene rings is 2. The maximum atomic E-state index is 13.4. The summed E-state index contributed by atoms with van der Waals surface area (Å²) in [6, 6.07) is 10.6. The Balaban J connectivity index is 1.99. The molecule has 2 aromatic carbocycles. The van der Waals surface area contributed by atoms with Crippen LogP contribution in [-0.2, 0) is 4.74 Å². The molecule has 0 aliphatic rings. The van der Waals surface area contributed by atoms with Crippen LogP contribution in [0.1, 0.15) is 55.3 Å². The molecule has 0 aliphatic heterocycles. The average molecular weight is 528 g/mol. The second-order valence-electron chi connectivity index (χ2n) is 7.59. The van der Waals surface area contributed by atoms with Gasteiger partial charge in [-0.15, -0.1) is 11.3 Å². The molecule has 0 saturated carbocycles. The number of thiophene rings is 1. The molecule has 1 heterocycles. The summed E-state index contributed by atoms with van der Waals surface area (Å²) < 4.78 is 28.0. The van der Waals surface area contributed by atoms with Gasteiger partial charge in [0.15, 0.2) is 11.5 Å². The van der Waals surface area contributed by atoms with Crippen molar-refractivity contribution in [1.29, 1.82) is 0 Å². The summed E-state index contributed by atoms with van der Waals surface area (Å²) in [5.41, 5.74) is 2.08. The zero-order chi connectivity index (χ0) is 26.8. The van der Waals surface area contributed by atoms with E-state index in [1.165, 1.54) is 11.3 Å². The lowest BCUT2D eigenvalue weighted by Crippen LogP contribution is -2.15. The second-order valence-corrected chi connectivity index (χ2v) is 8.47. The van der Waals surface area contributed by atoms with Gasteiger partial charge in [-0.1, -0.05) is 12.1 Å². The molecule has 9 heteroatoms. The fourth-order valence-electron chi connectivity index (χ4n) is 3.66. The third kappa shape index (κ3) is 6.74. The molecule has 1 N–H and O–H groups in total. The van der Waals surface area contributed by atoms with E-state index in [1.807, 2.05) is 57.3 Å². The number of anilines is 1. The van der Waals surface area contributed by atoms with Gasteiger partial charge < -0.3 is 29.0 Å². The van der Waals surface area contributed by atoms with Crippen molar-refractivity contribution in [3.05, 3.63) is 52.9 Å². The van der Waals surface area contributed by atoms with E-state index in [9.17, 15) is 9.59 Å². The highest BCUT2D eigenvalue weighted by atomic mass is 32.1. The fraction of sp³-hybridized carbons (Fsp3) is 0.357. The Kier molecular flexibility index (Phi) is 10.2. The number of nitrogens with one attached hydrogen (secondary N) is 1. The molecule has 198 valence electrons. The third-order valence-electron chi connectivity index (χ3n) is 5.15. The third-order valence-corrected chi connectivity index (χ3v) is 6.04. The first-order chi connectivity index (χ1) is 18.0. The Hall–Kier alpha value is -3.72. The Labute approximate surface area is 221 Å². The predicted octanol–water partition coefficient (Wildman–Crippen LogP) is 6.44. The predicted molar refractivity (Wildman–Crippen MR) is 145 cm³/mol. The highest BCUT2D eigenvalue weighted by molar-refractivity contribution is 7.15. The minimum Gasteiger partial charge on any atom is -0.494 e. The van der Waals surface area contributed by atoms with E-state index in [2.05, 4.69) is 5.32 Å². The van der Waals surface area contributed by atoms with Crippen LogP contribution in [0.3, 0.4) is 0 Å². The topological polar surface area (TPSA) is 92.3 Å². The lowest BCUT2D eigenvalue weighted by Gasteiger charge is -2.17. The first-order valence-electron chi connectivity index (χ1n) is 12.4. The van der Waals surface area contributed by atoms with Crippen molar-refractivity contribution in [2.24, 2.45) is 0 Å². The molecule has 0 bridgehead atoms. The SMILES string of the molecule is CCOC(=O)c1c(-c2ccc(OCC)cc2)csc1NC(=O)c1cc(OCC)c(OCC)c(OCC)c1. The molecular weight excluding hydrogens is 494 g/mol. The van der Waals surface area contributed by atoms with E-state index in [0.29, 0.717) is 65.4 Å². The van der Waals surface area contributed by atoms with Crippen LogP contribution in [0.5, 0.6) is 23.0 Å². The lowest BCUT2D eigenvalue weighted by molar-refractivity contribution is 0.0529. The largest absolute Gasteiger partial charge is 0.494 e. The minimum absolute atomic E-state index is 0.207. The number of ether oxygens (including phenoxy) is 5. The van der Waals surface area contributed by atoms with Crippen LogP contribution in [0.15, 0.2) is 41.8 Å². The van der Waals surface area contributed by atoms with Gasteiger partial charge in [0.25, 0.3) is 5.91 Å². The normalized spacial score (nSPS) is 10.5. The molecule has 1 aromatic heterocycles. The van der Waals surface area contributed by atoms with E-state index < -0.39 is 11.9 Å². The average Bonchev–Trinajstić information content (AvgIpc) is 3.30. The minimum atomic E-state index is -0.514. The van der Waals surface area contributed by atoms with E-state index in [4.69, 9.17) is 23.7 Å². The van der Waals surface area contributed by atoms with Crippen LogP contribution in [0.25, 0.3) is 11.1 Å². The summed E-state index contributed by atoms with van der Waals surface area (Å²) in [6.07, 6.45) is 0. The zero-order valence-electron chi connectivity index (χ0n) is 21.8. The number of carbonyl (C=O) groups is 2. The molecule has 3 aromatic rings. The van der Waals surface area contributed by atoms with Gasteiger partial charge >= 0.3 is 5.97 Å². The van der Waals surface area contributed by atoms with Gasteiger partial charge in [0.1, 0.15) is 16.3 Å². The Morgan fingerprint density at radius 3 is 1.92 bits per heavy atom. The molecule has 0 spiro atoms. The number of hydrogen-bond donors (Lipinski definition) is 1. The van der Waals surface area contributed by atoms with E-state index in [1.54, 1.807) is 19.1 Å². The van der Waals surface area contributed by atoms with Crippen LogP contribution in [-0.4, -0.2) is 44.9 Å². The lowest BCUT2D eigenvalue weighted by atomic mass is 10.0. The first-order valence-corrected chi connectivity index (χ1v) is 13.2. The molecule has 1 amide bonds. The molecule has 0 atom stereocenters. The van der Waals surface area contributed by atoms with Gasteiger partial charge in [0.2, 0.25) is 5.75 Å². The molecule has 37 heavy (non-hydrogen) atoms. The Morgan fingerprint density at radius 2 is 1.38 bits per heavy atom. The monoisotopic (exact) mass is 527 g/mol. The zero-order valence-corrected chi connectivity index (χ0v) is 22.7. The smallest absolute Gasteiger partial charge is 0.341 e. The van der Waals surface area contributed by atoms with Crippen LogP contribution < -0.4 is 24.3 Å². The van der Waals surface area contributed by atoms with Crippen molar-refractivity contribution in [3.8, 4) is 34.1 Å². The number of rotatable bonds is 13. The van der Waals surface area contributed by atoms with Crippen molar-refractivity contribution in [1.82, 2.24) is 0 Å². The molecule has 0 radical (unpaired) electrons. The Bertz CT molecular complexity index is 1180. The van der Waals surface area contributed by atoms with Crippen molar-refractivity contribution >= 4 is 28.2 Å². The summed E-state index contributed by atoms with van der Waals surface area (Å²) >= 11 is 1.25. The molecule has 0 unspecified atom stereocenters. The quantitative estimate of drug-likeness (QED) is 0.256. The molecule has 0 aliphatic carbocycles. The maximum absolute atomic E-state index is 13.4. The van der Waals surface area contributed by atoms with Crippen molar-refractivity contribution < 1.29 is 33.3 Å². The van der Waals surface area contributed by atoms with Crippen LogP contribution in [0, 0.1) is 0 Å². The standard InChI is InChI=1S/C28H33NO7S/c1-6-32-20-13-11-18(12-14-20)21-17-37-27(24(21)28(31)36-10-5)29-26(30)19-15-22(33-7-2)25(35-9-4)23(16-19)34-8-3/h11-17H,6-10H2,1-5H3,(H,29,30). The van der Waals surface area contributed by atoms with Gasteiger partial charge in [-0.25, -0.2) is 4.79 Å². The van der Waals surface area contributed by atoms with Gasteiger partial charge in [0.05, 0.1) is 33.0 Å². The highest BCUT2D eigenvalue weighted by Crippen LogP contribution is 2.40. The fourth-order valence-corrected chi connectivity index (χ4v) is 4.61. The van der Waals surface area contributed by atoms with E-state index in [0.717, 1.165) is 11.3 Å². The number of amides is 1. The maximum Gasteiger partial charge on any atom is 0.341 e. The van der Waals surface area contributed by atoms with E-state index in [-0.39, 0.29) is 6.61 Å². The van der Waals surface area contributed by atoms with E-state index >= 15 is 0 Å². The second kappa shape index (κ2) is 13.5. The van der Waals surface area contributed by atoms with Crippen molar-refractivity contribution in [2.45, 2.75) is 34.6 Å². The number of carbonyl (C=O) groups excluding carboxylic acids is 2. The Morgan fingerprint density at radius 1 is 0.784 bits per heavy atom. The van der Waals surface area contributed by atoms with Crippen molar-refractivity contribution in [2.75, 3.05) is 38.4 Å². The van der Waals surface area contributed by atoms with Crippen LogP contribution in [0.4, 0.5) is 5.00 Å². The summed E-state index contributed by atoms with van der Waals surface area (Å²) in [4.78, 5) is 26.3. The molecule has 8 nitrogen and oxygen atoms in total. The molecule has 0 fully saturated rings. The van der Waals surface area contributed by atoms with Gasteiger partial charge in [-0.2, -0.15) is 0 Å². The van der Waals surface area contributed by atoms with Crippen LogP contribution >= 0.6 is 11.3 Å². The summed E-state index contributed by atoms with van der Waals surface area (Å²) in [6.45, 7) is 11.2. The van der Waals surface area contributed by atoms with Gasteiger partial charge in [-0.3, -0.25) is 4.79 Å². The summed E-state index contributed by atoms with van der Waals surface area (Å²) in [5.74, 6) is 1.07. The number of hydrogen-bond acceptors (Lipinski definition) is 8. The summed E-state index contributed by atoms with van der Waals surface area (Å²) in [5, 5.41) is 5.09. The summed E-state index contributed by atoms with van der Waals surface area (Å²) in [7, 11) is 0. The van der Waals surface area contributed by atoms with Gasteiger partial charge in [-0.05, 0) is 64.4 Å². The van der Waals surface area contributed by atoms with Gasteiger partial charge in [0, 0.05) is 16.5 Å². The molecule has 3 rings (SSSR count).